The maximum absolute atomic E-state index is 13.2. The van der Waals surface area contributed by atoms with E-state index in [9.17, 15) is 13.2 Å². The molecule has 4 heteroatoms. The highest BCUT2D eigenvalue weighted by Crippen LogP contribution is 2.43. The molecule has 1 saturated heterocycles. The molecular formula is C14H26F3N. The van der Waals surface area contributed by atoms with Crippen LogP contribution in [0.4, 0.5) is 13.2 Å². The van der Waals surface area contributed by atoms with E-state index in [1.165, 1.54) is 0 Å². The molecular weight excluding hydrogens is 239 g/mol. The maximum atomic E-state index is 13.2. The number of hydrogen-bond donors (Lipinski definition) is 0. The van der Waals surface area contributed by atoms with Gasteiger partial charge in [0.15, 0.2) is 0 Å². The van der Waals surface area contributed by atoms with E-state index >= 15 is 0 Å². The minimum absolute atomic E-state index is 0.0481. The zero-order chi connectivity index (χ0) is 14.4. The second kappa shape index (κ2) is 4.69. The standard InChI is InChI=1S/C14H26F3N/c1-12(2,3)10-7-8-18(13(4,5)6)11(9-10)14(15,16)17/h10-11H,7-9H2,1-6H3/t10-,11+/m0/s1. The molecule has 1 aliphatic heterocycles. The van der Waals surface area contributed by atoms with E-state index in [2.05, 4.69) is 0 Å². The number of hydrogen-bond acceptors (Lipinski definition) is 1. The van der Waals surface area contributed by atoms with Gasteiger partial charge in [-0.15, -0.1) is 0 Å². The van der Waals surface area contributed by atoms with Crippen LogP contribution in [-0.4, -0.2) is 29.2 Å². The van der Waals surface area contributed by atoms with Crippen LogP contribution in [0.5, 0.6) is 0 Å². The highest BCUT2D eigenvalue weighted by molar-refractivity contribution is 4.95. The average Bonchev–Trinajstić information content (AvgIpc) is 2.12. The molecule has 1 heterocycles. The Morgan fingerprint density at radius 3 is 1.78 bits per heavy atom. The molecule has 0 aromatic carbocycles. The molecule has 0 N–H and O–H groups in total. The Bertz CT molecular complexity index is 283. The van der Waals surface area contributed by atoms with E-state index in [0.29, 0.717) is 6.54 Å². The lowest BCUT2D eigenvalue weighted by Gasteiger charge is -2.49. The summed E-state index contributed by atoms with van der Waals surface area (Å²) in [4.78, 5) is 1.62. The zero-order valence-electron chi connectivity index (χ0n) is 12.4. The summed E-state index contributed by atoms with van der Waals surface area (Å²) < 4.78 is 39.7. The summed E-state index contributed by atoms with van der Waals surface area (Å²) in [5.41, 5.74) is -0.476. The summed E-state index contributed by atoms with van der Waals surface area (Å²) in [5, 5.41) is 0. The van der Waals surface area contributed by atoms with Crippen molar-refractivity contribution in [2.24, 2.45) is 11.3 Å². The molecule has 0 amide bonds. The third-order valence-corrected chi connectivity index (χ3v) is 4.07. The molecule has 0 aromatic rings. The smallest absolute Gasteiger partial charge is 0.287 e. The van der Waals surface area contributed by atoms with Gasteiger partial charge in [-0.2, -0.15) is 13.2 Å². The highest BCUT2D eigenvalue weighted by Gasteiger charge is 2.50. The quantitative estimate of drug-likeness (QED) is 0.624. The Hall–Kier alpha value is -0.250. The van der Waals surface area contributed by atoms with E-state index in [1.807, 2.05) is 41.5 Å². The largest absolute Gasteiger partial charge is 0.404 e. The molecule has 0 bridgehead atoms. The Balaban J connectivity index is 2.94. The van der Waals surface area contributed by atoms with Gasteiger partial charge in [0, 0.05) is 5.54 Å². The number of halogens is 3. The predicted octanol–water partition coefficient (Wildman–Crippen LogP) is 4.47. The van der Waals surface area contributed by atoms with Gasteiger partial charge < -0.3 is 0 Å². The molecule has 0 radical (unpaired) electrons. The summed E-state index contributed by atoms with van der Waals surface area (Å²) in [7, 11) is 0. The van der Waals surface area contributed by atoms with Crippen molar-refractivity contribution in [1.29, 1.82) is 0 Å². The van der Waals surface area contributed by atoms with E-state index in [0.717, 1.165) is 6.42 Å². The SMILES string of the molecule is CC(C)(C)[C@H]1CCN(C(C)(C)C)[C@@H](C(F)(F)F)C1. The van der Waals surface area contributed by atoms with Crippen LogP contribution in [0.3, 0.4) is 0 Å². The zero-order valence-corrected chi connectivity index (χ0v) is 12.4. The van der Waals surface area contributed by atoms with Crippen molar-refractivity contribution in [3.05, 3.63) is 0 Å². The van der Waals surface area contributed by atoms with Crippen molar-refractivity contribution < 1.29 is 13.2 Å². The number of likely N-dealkylation sites (tertiary alicyclic amines) is 1. The van der Waals surface area contributed by atoms with Crippen LogP contribution in [0.15, 0.2) is 0 Å². The highest BCUT2D eigenvalue weighted by atomic mass is 19.4. The van der Waals surface area contributed by atoms with Crippen LogP contribution in [0.25, 0.3) is 0 Å². The lowest BCUT2D eigenvalue weighted by Crippen LogP contribution is -2.58. The molecule has 1 aliphatic rings. The molecule has 1 nitrogen and oxygen atoms in total. The van der Waals surface area contributed by atoms with Crippen molar-refractivity contribution in [3.63, 3.8) is 0 Å². The van der Waals surface area contributed by atoms with Gasteiger partial charge in [0.25, 0.3) is 0 Å². The van der Waals surface area contributed by atoms with E-state index < -0.39 is 17.8 Å². The molecule has 0 aliphatic carbocycles. The summed E-state index contributed by atoms with van der Waals surface area (Å²) in [5.74, 6) is 0.141. The van der Waals surface area contributed by atoms with E-state index in [-0.39, 0.29) is 17.8 Å². The van der Waals surface area contributed by atoms with Crippen LogP contribution in [0.1, 0.15) is 54.4 Å². The number of alkyl halides is 3. The Morgan fingerprint density at radius 2 is 1.44 bits per heavy atom. The molecule has 2 atom stereocenters. The Kier molecular flexibility index (Phi) is 4.12. The fourth-order valence-corrected chi connectivity index (χ4v) is 2.87. The van der Waals surface area contributed by atoms with Gasteiger partial charge in [0.05, 0.1) is 0 Å². The second-order valence-electron chi connectivity index (χ2n) is 7.51. The van der Waals surface area contributed by atoms with Gasteiger partial charge in [-0.3, -0.25) is 4.90 Å². The van der Waals surface area contributed by atoms with E-state index in [1.54, 1.807) is 4.90 Å². The number of nitrogens with zero attached hydrogens (tertiary/aromatic N) is 1. The fraction of sp³-hybridized carbons (Fsp3) is 1.00. The van der Waals surface area contributed by atoms with Crippen molar-refractivity contribution >= 4 is 0 Å². The molecule has 0 saturated carbocycles. The minimum Gasteiger partial charge on any atom is -0.287 e. The second-order valence-corrected chi connectivity index (χ2v) is 7.51. The summed E-state index contributed by atoms with van der Waals surface area (Å²) in [6, 6.07) is -1.30. The van der Waals surface area contributed by atoms with Crippen molar-refractivity contribution in [1.82, 2.24) is 4.90 Å². The van der Waals surface area contributed by atoms with Gasteiger partial charge in [-0.05, 0) is 51.5 Å². The molecule has 1 rings (SSSR count). The molecule has 18 heavy (non-hydrogen) atoms. The van der Waals surface area contributed by atoms with Gasteiger partial charge in [0.1, 0.15) is 6.04 Å². The lowest BCUT2D eigenvalue weighted by atomic mass is 9.72. The van der Waals surface area contributed by atoms with E-state index in [4.69, 9.17) is 0 Å². The minimum atomic E-state index is -4.13. The first-order chi connectivity index (χ1) is 7.83. The Morgan fingerprint density at radius 1 is 0.944 bits per heavy atom. The fourth-order valence-electron chi connectivity index (χ4n) is 2.87. The average molecular weight is 265 g/mol. The first kappa shape index (κ1) is 15.8. The van der Waals surface area contributed by atoms with Crippen LogP contribution < -0.4 is 0 Å². The van der Waals surface area contributed by atoms with Crippen molar-refractivity contribution in [2.75, 3.05) is 6.54 Å². The first-order valence-corrected chi connectivity index (χ1v) is 6.67. The molecule has 0 aromatic heterocycles. The maximum Gasteiger partial charge on any atom is 0.404 e. The van der Waals surface area contributed by atoms with Gasteiger partial charge in [-0.25, -0.2) is 0 Å². The first-order valence-electron chi connectivity index (χ1n) is 6.67. The normalized spacial score (nSPS) is 28.5. The van der Waals surface area contributed by atoms with Gasteiger partial charge in [-0.1, -0.05) is 20.8 Å². The van der Waals surface area contributed by atoms with Crippen LogP contribution >= 0.6 is 0 Å². The van der Waals surface area contributed by atoms with Gasteiger partial charge >= 0.3 is 6.18 Å². The van der Waals surface area contributed by atoms with Crippen LogP contribution in [0.2, 0.25) is 0 Å². The molecule has 0 spiro atoms. The lowest BCUT2D eigenvalue weighted by molar-refractivity contribution is -0.212. The van der Waals surface area contributed by atoms with Crippen molar-refractivity contribution in [2.45, 2.75) is 72.1 Å². The summed E-state index contributed by atoms with van der Waals surface area (Å²) in [6.45, 7) is 12.2. The Labute approximate surface area is 109 Å². The summed E-state index contributed by atoms with van der Waals surface area (Å²) >= 11 is 0. The summed E-state index contributed by atoms with van der Waals surface area (Å²) in [6.07, 6.45) is -3.05. The number of rotatable bonds is 0. The molecule has 1 fully saturated rings. The van der Waals surface area contributed by atoms with Gasteiger partial charge in [0.2, 0.25) is 0 Å². The third kappa shape index (κ3) is 3.62. The van der Waals surface area contributed by atoms with Crippen molar-refractivity contribution in [3.8, 4) is 0 Å². The van der Waals surface area contributed by atoms with Crippen LogP contribution in [-0.2, 0) is 0 Å². The molecule has 108 valence electrons. The predicted molar refractivity (Wildman–Crippen MR) is 68.5 cm³/mol. The topological polar surface area (TPSA) is 3.24 Å². The third-order valence-electron chi connectivity index (χ3n) is 4.07. The van der Waals surface area contributed by atoms with Crippen LogP contribution in [0, 0.1) is 11.3 Å². The number of piperidine rings is 1. The monoisotopic (exact) mass is 265 g/mol. The molecule has 0 unspecified atom stereocenters.